The topological polar surface area (TPSA) is 66.0 Å². The number of aromatic nitrogens is 1. The van der Waals surface area contributed by atoms with E-state index >= 15 is 0 Å². The molecule has 1 fully saturated rings. The summed E-state index contributed by atoms with van der Waals surface area (Å²) in [5.41, 5.74) is 1.18. The fourth-order valence-corrected chi connectivity index (χ4v) is 3.36. The van der Waals surface area contributed by atoms with Crippen molar-refractivity contribution in [1.82, 2.24) is 9.88 Å². The minimum atomic E-state index is -0.442. The largest absolute Gasteiger partial charge is 0.462 e. The monoisotopic (exact) mass is 402 g/mol. The third-order valence-corrected chi connectivity index (χ3v) is 4.89. The Kier molecular flexibility index (Phi) is 6.36. The van der Waals surface area contributed by atoms with Crippen LogP contribution >= 0.6 is 11.6 Å². The molecule has 2 heterocycles. The molecular formula is C20H23ClN4O3. The van der Waals surface area contributed by atoms with Crippen molar-refractivity contribution in [2.45, 2.75) is 6.92 Å². The molecule has 0 aliphatic carbocycles. The number of ether oxygens (including phenoxy) is 1. The van der Waals surface area contributed by atoms with Gasteiger partial charge < -0.3 is 14.5 Å². The average Bonchev–Trinajstić information content (AvgIpc) is 2.73. The second kappa shape index (κ2) is 8.93. The number of hydrogen-bond acceptors (Lipinski definition) is 5. The number of para-hydroxylation sites is 1. The first kappa shape index (κ1) is 19.9. The number of anilines is 2. The van der Waals surface area contributed by atoms with Crippen LogP contribution in [-0.2, 0) is 4.74 Å². The summed E-state index contributed by atoms with van der Waals surface area (Å²) in [7, 11) is 1.77. The second-order valence-electron chi connectivity index (χ2n) is 6.40. The maximum absolute atomic E-state index is 12.7. The van der Waals surface area contributed by atoms with E-state index in [2.05, 4.69) is 4.98 Å². The van der Waals surface area contributed by atoms with Gasteiger partial charge in [-0.05, 0) is 25.1 Å². The number of carbonyl (C=O) groups excluding carboxylic acids is 2. The Morgan fingerprint density at radius 3 is 2.46 bits per heavy atom. The number of carbonyl (C=O) groups is 2. The summed E-state index contributed by atoms with van der Waals surface area (Å²) in [4.78, 5) is 34.3. The number of rotatable bonds is 4. The highest BCUT2D eigenvalue weighted by molar-refractivity contribution is 6.33. The Hall–Kier alpha value is -2.80. The number of halogens is 1. The van der Waals surface area contributed by atoms with E-state index in [0.717, 1.165) is 5.69 Å². The minimum absolute atomic E-state index is 0.0393. The molecule has 7 nitrogen and oxygen atoms in total. The summed E-state index contributed by atoms with van der Waals surface area (Å²) in [6, 6.07) is 11.1. The molecule has 2 amide bonds. The lowest BCUT2D eigenvalue weighted by atomic mass is 10.2. The van der Waals surface area contributed by atoms with Crippen molar-refractivity contribution < 1.29 is 14.3 Å². The smallest absolute Gasteiger partial charge is 0.339 e. The summed E-state index contributed by atoms with van der Waals surface area (Å²) in [6.07, 6.45) is 1.47. The van der Waals surface area contributed by atoms with Gasteiger partial charge in [-0.2, -0.15) is 0 Å². The number of pyridine rings is 1. The fourth-order valence-electron chi connectivity index (χ4n) is 3.07. The predicted octanol–water partition coefficient (Wildman–Crippen LogP) is 3.29. The first-order valence-electron chi connectivity index (χ1n) is 9.16. The third-order valence-electron chi connectivity index (χ3n) is 4.61. The van der Waals surface area contributed by atoms with E-state index < -0.39 is 5.97 Å². The summed E-state index contributed by atoms with van der Waals surface area (Å²) < 4.78 is 4.97. The molecule has 1 aromatic carbocycles. The molecule has 1 aliphatic heterocycles. The highest BCUT2D eigenvalue weighted by Crippen LogP contribution is 2.26. The summed E-state index contributed by atoms with van der Waals surface area (Å²) in [5, 5.41) is 0.395. The molecule has 8 heteroatoms. The number of piperazine rings is 1. The first-order chi connectivity index (χ1) is 13.5. The predicted molar refractivity (Wildman–Crippen MR) is 109 cm³/mol. The van der Waals surface area contributed by atoms with Gasteiger partial charge in [0.2, 0.25) is 0 Å². The lowest BCUT2D eigenvalue weighted by molar-refractivity contribution is 0.0526. The van der Waals surface area contributed by atoms with Gasteiger partial charge in [-0.3, -0.25) is 4.90 Å². The van der Waals surface area contributed by atoms with Gasteiger partial charge in [0, 0.05) is 45.1 Å². The molecule has 0 bridgehead atoms. The molecule has 0 atom stereocenters. The van der Waals surface area contributed by atoms with Crippen LogP contribution in [0, 0.1) is 0 Å². The van der Waals surface area contributed by atoms with E-state index in [0.29, 0.717) is 49.2 Å². The SMILES string of the molecule is CCOC(=O)c1cnc(N2CCN(C(=O)N(C)c3ccccc3)CC2)c(Cl)c1. The molecule has 2 aromatic rings. The van der Waals surface area contributed by atoms with Crippen LogP contribution in [0.5, 0.6) is 0 Å². The van der Waals surface area contributed by atoms with Gasteiger partial charge >= 0.3 is 12.0 Å². The second-order valence-corrected chi connectivity index (χ2v) is 6.81. The van der Waals surface area contributed by atoms with Crippen LogP contribution in [0.25, 0.3) is 0 Å². The summed E-state index contributed by atoms with van der Waals surface area (Å²) in [6.45, 7) is 4.39. The Bertz CT molecular complexity index is 839. The molecule has 28 heavy (non-hydrogen) atoms. The Labute approximate surface area is 169 Å². The van der Waals surface area contributed by atoms with Crippen LogP contribution in [0.1, 0.15) is 17.3 Å². The molecule has 0 saturated carbocycles. The lowest BCUT2D eigenvalue weighted by Gasteiger charge is -2.37. The number of esters is 1. The molecule has 0 spiro atoms. The number of hydrogen-bond donors (Lipinski definition) is 0. The zero-order valence-corrected chi connectivity index (χ0v) is 16.7. The number of urea groups is 1. The molecule has 148 valence electrons. The van der Waals surface area contributed by atoms with Gasteiger partial charge in [-0.15, -0.1) is 0 Å². The molecule has 0 unspecified atom stereocenters. The normalized spacial score (nSPS) is 14.0. The van der Waals surface area contributed by atoms with Crippen LogP contribution in [-0.4, -0.2) is 61.7 Å². The van der Waals surface area contributed by atoms with E-state index in [1.165, 1.54) is 6.20 Å². The molecule has 1 aromatic heterocycles. The van der Waals surface area contributed by atoms with E-state index in [9.17, 15) is 9.59 Å². The number of benzene rings is 1. The van der Waals surface area contributed by atoms with E-state index in [4.69, 9.17) is 16.3 Å². The molecule has 0 radical (unpaired) electrons. The van der Waals surface area contributed by atoms with Crippen molar-refractivity contribution in [3.8, 4) is 0 Å². The van der Waals surface area contributed by atoms with Crippen molar-refractivity contribution in [2.24, 2.45) is 0 Å². The number of nitrogens with zero attached hydrogens (tertiary/aromatic N) is 4. The zero-order chi connectivity index (χ0) is 20.1. The number of amides is 2. The standard InChI is InChI=1S/C20H23ClN4O3/c1-3-28-19(26)15-13-17(21)18(22-14-15)24-9-11-25(12-10-24)20(27)23(2)16-7-5-4-6-8-16/h4-8,13-14H,3,9-12H2,1-2H3. The van der Waals surface area contributed by atoms with Gasteiger partial charge in [-0.1, -0.05) is 29.8 Å². The minimum Gasteiger partial charge on any atom is -0.462 e. The lowest BCUT2D eigenvalue weighted by Crippen LogP contribution is -2.52. The molecule has 1 saturated heterocycles. The van der Waals surface area contributed by atoms with Crippen molar-refractivity contribution >= 4 is 35.1 Å². The Morgan fingerprint density at radius 2 is 1.86 bits per heavy atom. The fraction of sp³-hybridized carbons (Fsp3) is 0.350. The van der Waals surface area contributed by atoms with Gasteiger partial charge in [-0.25, -0.2) is 14.6 Å². The first-order valence-corrected chi connectivity index (χ1v) is 9.54. The van der Waals surface area contributed by atoms with Crippen LogP contribution in [0.3, 0.4) is 0 Å². The quantitative estimate of drug-likeness (QED) is 0.734. The van der Waals surface area contributed by atoms with E-state index in [1.807, 2.05) is 40.1 Å². The van der Waals surface area contributed by atoms with Crippen LogP contribution < -0.4 is 9.80 Å². The van der Waals surface area contributed by atoms with Gasteiger partial charge in [0.15, 0.2) is 0 Å². The zero-order valence-electron chi connectivity index (χ0n) is 16.0. The van der Waals surface area contributed by atoms with Crippen LogP contribution in [0.2, 0.25) is 5.02 Å². The van der Waals surface area contributed by atoms with Crippen LogP contribution in [0.15, 0.2) is 42.6 Å². The highest BCUT2D eigenvalue weighted by Gasteiger charge is 2.26. The van der Waals surface area contributed by atoms with Gasteiger partial charge in [0.25, 0.3) is 0 Å². The van der Waals surface area contributed by atoms with E-state index in [-0.39, 0.29) is 6.03 Å². The highest BCUT2D eigenvalue weighted by atomic mass is 35.5. The van der Waals surface area contributed by atoms with Crippen molar-refractivity contribution in [3.05, 3.63) is 53.2 Å². The van der Waals surface area contributed by atoms with Crippen molar-refractivity contribution in [3.63, 3.8) is 0 Å². The van der Waals surface area contributed by atoms with Crippen LogP contribution in [0.4, 0.5) is 16.3 Å². The molecule has 0 N–H and O–H groups in total. The Morgan fingerprint density at radius 1 is 1.18 bits per heavy atom. The maximum Gasteiger partial charge on any atom is 0.339 e. The van der Waals surface area contributed by atoms with E-state index in [1.54, 1.807) is 24.9 Å². The summed E-state index contributed by atoms with van der Waals surface area (Å²) in [5.74, 6) is 0.168. The van der Waals surface area contributed by atoms with Crippen molar-refractivity contribution in [2.75, 3.05) is 49.6 Å². The molecule has 3 rings (SSSR count). The average molecular weight is 403 g/mol. The Balaban J connectivity index is 1.62. The molecule has 1 aliphatic rings. The third kappa shape index (κ3) is 4.36. The summed E-state index contributed by atoms with van der Waals surface area (Å²) >= 11 is 6.34. The maximum atomic E-state index is 12.7. The molecular weight excluding hydrogens is 380 g/mol. The van der Waals surface area contributed by atoms with Gasteiger partial charge in [0.05, 0.1) is 17.2 Å². The van der Waals surface area contributed by atoms with Gasteiger partial charge in [0.1, 0.15) is 5.82 Å². The van der Waals surface area contributed by atoms with Crippen molar-refractivity contribution in [1.29, 1.82) is 0 Å².